The highest BCUT2D eigenvalue weighted by molar-refractivity contribution is 5.64. The lowest BCUT2D eigenvalue weighted by Gasteiger charge is -2.31. The molecule has 0 saturated heterocycles. The van der Waals surface area contributed by atoms with Gasteiger partial charge in [0.15, 0.2) is 18.1 Å². The second kappa shape index (κ2) is 10.3. The zero-order valence-electron chi connectivity index (χ0n) is 20.6. The fourth-order valence-corrected chi connectivity index (χ4v) is 5.54. The topological polar surface area (TPSA) is 7.76 Å². The van der Waals surface area contributed by atoms with E-state index in [4.69, 9.17) is 0 Å². The van der Waals surface area contributed by atoms with Gasteiger partial charge in [0.05, 0.1) is 5.92 Å². The molecule has 4 atom stereocenters. The van der Waals surface area contributed by atoms with Crippen LogP contribution in [0.1, 0.15) is 63.3 Å². The van der Waals surface area contributed by atoms with Gasteiger partial charge >= 0.3 is 0 Å². The number of nitrogens with zero attached hydrogens (tertiary/aromatic N) is 2. The predicted molar refractivity (Wildman–Crippen MR) is 138 cm³/mol. The number of rotatable bonds is 8. The summed E-state index contributed by atoms with van der Waals surface area (Å²) in [4.78, 5) is 0. The number of pyridine rings is 2. The quantitative estimate of drug-likeness (QED) is 0.263. The molecule has 0 radical (unpaired) electrons. The van der Waals surface area contributed by atoms with Crippen molar-refractivity contribution in [2.75, 3.05) is 0 Å². The number of allylic oxidation sites excluding steroid dienone is 3. The van der Waals surface area contributed by atoms with E-state index in [1.54, 1.807) is 0 Å². The van der Waals surface area contributed by atoms with E-state index in [9.17, 15) is 0 Å². The summed E-state index contributed by atoms with van der Waals surface area (Å²) in [7, 11) is 0. The van der Waals surface area contributed by atoms with Crippen molar-refractivity contribution in [1.82, 2.24) is 0 Å². The van der Waals surface area contributed by atoms with E-state index < -0.39 is 0 Å². The van der Waals surface area contributed by atoms with E-state index in [0.29, 0.717) is 17.8 Å². The highest BCUT2D eigenvalue weighted by Gasteiger charge is 2.45. The Morgan fingerprint density at radius 2 is 1.76 bits per heavy atom. The second-order valence-electron chi connectivity index (χ2n) is 9.49. The van der Waals surface area contributed by atoms with Gasteiger partial charge in [-0.3, -0.25) is 0 Å². The van der Waals surface area contributed by atoms with Gasteiger partial charge in [-0.2, -0.15) is 9.13 Å². The van der Waals surface area contributed by atoms with E-state index in [-0.39, 0.29) is 6.04 Å². The maximum atomic E-state index is 4.67. The molecule has 0 aliphatic carbocycles. The van der Waals surface area contributed by atoms with Crippen LogP contribution in [0.4, 0.5) is 0 Å². The molecule has 33 heavy (non-hydrogen) atoms. The van der Waals surface area contributed by atoms with Crippen molar-refractivity contribution in [3.8, 4) is 11.3 Å². The summed E-state index contributed by atoms with van der Waals surface area (Å²) >= 11 is 0. The van der Waals surface area contributed by atoms with Crippen molar-refractivity contribution in [3.05, 3.63) is 103 Å². The first-order valence-electron chi connectivity index (χ1n) is 12.5. The van der Waals surface area contributed by atoms with Crippen LogP contribution in [0.15, 0.2) is 91.8 Å². The van der Waals surface area contributed by atoms with E-state index >= 15 is 0 Å². The lowest BCUT2D eigenvalue weighted by molar-refractivity contribution is -0.730. The second-order valence-corrected chi connectivity index (χ2v) is 9.49. The zero-order chi connectivity index (χ0) is 23.4. The van der Waals surface area contributed by atoms with Crippen molar-refractivity contribution in [2.24, 2.45) is 11.8 Å². The molecule has 170 valence electrons. The van der Waals surface area contributed by atoms with Crippen LogP contribution in [-0.4, -0.2) is 0 Å². The Morgan fingerprint density at radius 3 is 2.52 bits per heavy atom. The fraction of sp³-hybridized carbons (Fsp3) is 0.355. The number of benzene rings is 1. The van der Waals surface area contributed by atoms with Gasteiger partial charge in [0.2, 0.25) is 17.4 Å². The maximum absolute atomic E-state index is 4.67. The summed E-state index contributed by atoms with van der Waals surface area (Å²) in [5.74, 6) is 1.67. The molecule has 0 fully saturated rings. The molecular formula is C31H38N2+2. The average Bonchev–Trinajstić information content (AvgIpc) is 2.85. The Bertz CT molecular complexity index is 1140. The lowest BCUT2D eigenvalue weighted by atomic mass is 9.76. The van der Waals surface area contributed by atoms with Gasteiger partial charge in [0, 0.05) is 36.8 Å². The molecule has 2 aromatic heterocycles. The summed E-state index contributed by atoms with van der Waals surface area (Å²) in [6.45, 7) is 13.7. The number of fused-ring (bicyclic) bond motifs is 3. The van der Waals surface area contributed by atoms with Crippen molar-refractivity contribution in [2.45, 2.75) is 58.9 Å². The summed E-state index contributed by atoms with van der Waals surface area (Å²) in [5.41, 5.74) is 6.43. The predicted octanol–water partition coefficient (Wildman–Crippen LogP) is 7.06. The molecule has 4 unspecified atom stereocenters. The molecular weight excluding hydrogens is 400 g/mol. The van der Waals surface area contributed by atoms with Crippen LogP contribution >= 0.6 is 0 Å². The van der Waals surface area contributed by atoms with Crippen LogP contribution in [0.3, 0.4) is 0 Å². The first-order valence-corrected chi connectivity index (χ1v) is 12.5. The zero-order valence-corrected chi connectivity index (χ0v) is 20.6. The van der Waals surface area contributed by atoms with Gasteiger partial charge in [-0.25, -0.2) is 0 Å². The Hall–Kier alpha value is -3.00. The maximum Gasteiger partial charge on any atom is 0.249 e. The minimum absolute atomic E-state index is 0.172. The van der Waals surface area contributed by atoms with E-state index in [1.165, 1.54) is 35.4 Å². The van der Waals surface area contributed by atoms with Gasteiger partial charge in [0.25, 0.3) is 0 Å². The highest BCUT2D eigenvalue weighted by Crippen LogP contribution is 2.44. The third-order valence-electron chi connectivity index (χ3n) is 7.55. The first-order chi connectivity index (χ1) is 16.1. The van der Waals surface area contributed by atoms with Gasteiger partial charge < -0.3 is 0 Å². The van der Waals surface area contributed by atoms with Crippen LogP contribution in [0.2, 0.25) is 0 Å². The molecule has 1 aliphatic rings. The molecule has 2 nitrogen and oxygen atoms in total. The molecule has 0 N–H and O–H groups in total. The van der Waals surface area contributed by atoms with Crippen LogP contribution in [0, 0.1) is 18.8 Å². The van der Waals surface area contributed by atoms with E-state index in [0.717, 1.165) is 12.1 Å². The SMILES string of the molecule is C=C(C1C(CCC(/C=C\C)C(C)CC)c2ccccc2-c2cccc[n+]21)[n+]1ccccc1C. The van der Waals surface area contributed by atoms with Crippen LogP contribution < -0.4 is 9.13 Å². The summed E-state index contributed by atoms with van der Waals surface area (Å²) in [6, 6.07) is 22.1. The summed E-state index contributed by atoms with van der Waals surface area (Å²) in [5, 5.41) is 0. The van der Waals surface area contributed by atoms with Crippen molar-refractivity contribution in [1.29, 1.82) is 0 Å². The van der Waals surface area contributed by atoms with Gasteiger partial charge in [0.1, 0.15) is 0 Å². The van der Waals surface area contributed by atoms with Crippen molar-refractivity contribution < 1.29 is 9.13 Å². The van der Waals surface area contributed by atoms with Crippen LogP contribution in [0.25, 0.3) is 17.0 Å². The van der Waals surface area contributed by atoms with Gasteiger partial charge in [-0.1, -0.05) is 56.7 Å². The number of hydrogen-bond acceptors (Lipinski definition) is 0. The number of hydrogen-bond donors (Lipinski definition) is 0. The van der Waals surface area contributed by atoms with Gasteiger partial charge in [-0.05, 0) is 55.9 Å². The standard InChI is InChI=1S/C31H38N2/c1-6-14-26(23(3)7-2)19-20-29-27-16-8-9-17-28(27)30-18-11-13-22-33(30)31(29)25(5)32-21-12-10-15-24(32)4/h6,8-18,21-23,26,29,31H,5,7,19-20H2,1-4H3/q+2/b14-6-. The minimum atomic E-state index is 0.172. The molecule has 3 heterocycles. The Labute approximate surface area is 199 Å². The van der Waals surface area contributed by atoms with Crippen LogP contribution in [-0.2, 0) is 0 Å². The average molecular weight is 439 g/mol. The molecule has 0 spiro atoms. The van der Waals surface area contributed by atoms with Crippen molar-refractivity contribution >= 4 is 5.70 Å². The normalized spacial score (nSPS) is 19.0. The highest BCUT2D eigenvalue weighted by atomic mass is 15.1. The first kappa shape index (κ1) is 23.2. The number of aromatic nitrogens is 2. The van der Waals surface area contributed by atoms with Crippen LogP contribution in [0.5, 0.6) is 0 Å². The smallest absolute Gasteiger partial charge is 0.184 e. The molecule has 0 saturated carbocycles. The molecule has 3 aromatic rings. The van der Waals surface area contributed by atoms with E-state index in [2.05, 4.69) is 129 Å². The number of aryl methyl sites for hydroxylation is 1. The lowest BCUT2D eigenvalue weighted by Crippen LogP contribution is -2.53. The molecule has 1 aromatic carbocycles. The summed E-state index contributed by atoms with van der Waals surface area (Å²) in [6.07, 6.45) is 12.6. The third kappa shape index (κ3) is 4.57. The fourth-order valence-electron chi connectivity index (χ4n) is 5.54. The van der Waals surface area contributed by atoms with E-state index in [1.807, 2.05) is 0 Å². The monoisotopic (exact) mass is 438 g/mol. The minimum Gasteiger partial charge on any atom is -0.184 e. The molecule has 0 amide bonds. The Kier molecular flexibility index (Phi) is 7.23. The molecule has 4 rings (SSSR count). The van der Waals surface area contributed by atoms with Gasteiger partial charge in [-0.15, -0.1) is 0 Å². The third-order valence-corrected chi connectivity index (χ3v) is 7.55. The molecule has 1 aliphatic heterocycles. The summed E-state index contributed by atoms with van der Waals surface area (Å²) < 4.78 is 4.73. The molecule has 0 bridgehead atoms. The Morgan fingerprint density at radius 1 is 1.03 bits per heavy atom. The molecule has 2 heteroatoms. The van der Waals surface area contributed by atoms with Crippen molar-refractivity contribution in [3.63, 3.8) is 0 Å². The largest absolute Gasteiger partial charge is 0.249 e. The Balaban J connectivity index is 1.80.